The van der Waals surface area contributed by atoms with Crippen molar-refractivity contribution >= 4 is 28.5 Å². The zero-order valence-electron chi connectivity index (χ0n) is 16.8. The second kappa shape index (κ2) is 9.30. The minimum Gasteiger partial charge on any atom is -0.317 e. The van der Waals surface area contributed by atoms with E-state index in [4.69, 9.17) is 0 Å². The first kappa shape index (κ1) is 20.5. The van der Waals surface area contributed by atoms with Crippen molar-refractivity contribution in [3.63, 3.8) is 0 Å². The van der Waals surface area contributed by atoms with E-state index in [-0.39, 0.29) is 5.57 Å². The van der Waals surface area contributed by atoms with Crippen molar-refractivity contribution in [2.75, 3.05) is 5.32 Å². The number of nitrogens with zero attached hydrogens (tertiary/aromatic N) is 4. The highest BCUT2D eigenvalue weighted by Crippen LogP contribution is 2.24. The van der Waals surface area contributed by atoms with Crippen LogP contribution in [0.5, 0.6) is 0 Å². The van der Waals surface area contributed by atoms with Crippen LogP contribution in [0.2, 0.25) is 0 Å². The van der Waals surface area contributed by atoms with Crippen molar-refractivity contribution in [3.8, 4) is 11.8 Å². The molecule has 7 heteroatoms. The number of aromatic nitrogens is 3. The van der Waals surface area contributed by atoms with Gasteiger partial charge in [-0.3, -0.25) is 10.1 Å². The summed E-state index contributed by atoms with van der Waals surface area (Å²) in [5.41, 5.74) is 4.21. The van der Waals surface area contributed by atoms with Crippen molar-refractivity contribution in [3.05, 3.63) is 63.9 Å². The van der Waals surface area contributed by atoms with E-state index in [1.54, 1.807) is 6.08 Å². The lowest BCUT2D eigenvalue weighted by molar-refractivity contribution is -0.112. The molecule has 2 heterocycles. The van der Waals surface area contributed by atoms with Crippen LogP contribution in [0.1, 0.15) is 42.1 Å². The van der Waals surface area contributed by atoms with Crippen LogP contribution < -0.4 is 5.32 Å². The van der Waals surface area contributed by atoms with Gasteiger partial charge >= 0.3 is 0 Å². The van der Waals surface area contributed by atoms with Crippen molar-refractivity contribution in [1.82, 2.24) is 14.8 Å². The first-order chi connectivity index (χ1) is 14.1. The average Bonchev–Trinajstić information content (AvgIpc) is 3.35. The zero-order valence-corrected chi connectivity index (χ0v) is 17.6. The van der Waals surface area contributed by atoms with E-state index in [9.17, 15) is 10.1 Å². The van der Waals surface area contributed by atoms with Crippen LogP contribution in [0, 0.1) is 18.3 Å². The summed E-state index contributed by atoms with van der Waals surface area (Å²) in [4.78, 5) is 12.6. The molecule has 0 aliphatic heterocycles. The third kappa shape index (κ3) is 4.61. The first-order valence-corrected chi connectivity index (χ1v) is 10.4. The molecule has 2 aromatic heterocycles. The van der Waals surface area contributed by atoms with Gasteiger partial charge in [0.25, 0.3) is 5.91 Å². The standard InChI is InChI=1S/C22H23N5OS/c1-4-8-19-25-26-22(29-19)24-21(28)17(14-23)13-18-11-7-12-27(18)20-15(3)9-6-10-16(20)5-2/h6-7,9-13H,4-5,8H2,1-3H3,(H,24,26,28)/b17-13-. The second-order valence-electron chi connectivity index (χ2n) is 6.61. The Labute approximate surface area is 174 Å². The molecule has 29 heavy (non-hydrogen) atoms. The Kier molecular flexibility index (Phi) is 6.57. The number of hydrogen-bond acceptors (Lipinski definition) is 5. The van der Waals surface area contributed by atoms with Gasteiger partial charge in [0.15, 0.2) is 0 Å². The number of amides is 1. The summed E-state index contributed by atoms with van der Waals surface area (Å²) in [7, 11) is 0. The van der Waals surface area contributed by atoms with E-state index < -0.39 is 5.91 Å². The van der Waals surface area contributed by atoms with Gasteiger partial charge < -0.3 is 4.57 Å². The van der Waals surface area contributed by atoms with E-state index >= 15 is 0 Å². The smallest absolute Gasteiger partial charge is 0.268 e. The normalized spacial score (nSPS) is 11.3. The molecule has 3 aromatic rings. The summed E-state index contributed by atoms with van der Waals surface area (Å²) in [6, 6.07) is 12.0. The maximum Gasteiger partial charge on any atom is 0.268 e. The number of benzene rings is 1. The third-order valence-corrected chi connectivity index (χ3v) is 5.43. The van der Waals surface area contributed by atoms with Crippen molar-refractivity contribution < 1.29 is 4.79 Å². The molecule has 0 spiro atoms. The van der Waals surface area contributed by atoms with Crippen LogP contribution in [-0.2, 0) is 17.6 Å². The Hall–Kier alpha value is -3.24. The largest absolute Gasteiger partial charge is 0.317 e. The van der Waals surface area contributed by atoms with Crippen LogP contribution >= 0.6 is 11.3 Å². The van der Waals surface area contributed by atoms with Gasteiger partial charge in [-0.05, 0) is 49.1 Å². The first-order valence-electron chi connectivity index (χ1n) is 9.59. The van der Waals surface area contributed by atoms with Crippen molar-refractivity contribution in [2.24, 2.45) is 0 Å². The van der Waals surface area contributed by atoms with E-state index in [0.717, 1.165) is 41.2 Å². The number of anilines is 1. The fraction of sp³-hybridized carbons (Fsp3) is 0.273. The number of nitriles is 1. The van der Waals surface area contributed by atoms with Gasteiger partial charge in [-0.15, -0.1) is 10.2 Å². The van der Waals surface area contributed by atoms with Gasteiger partial charge in [0.05, 0.1) is 5.69 Å². The minimum atomic E-state index is -0.486. The lowest BCUT2D eigenvalue weighted by atomic mass is 10.1. The van der Waals surface area contributed by atoms with E-state index in [1.807, 2.05) is 35.0 Å². The molecule has 1 aromatic carbocycles. The van der Waals surface area contributed by atoms with Crippen LogP contribution in [0.4, 0.5) is 5.13 Å². The molecule has 6 nitrogen and oxygen atoms in total. The van der Waals surface area contributed by atoms with E-state index in [0.29, 0.717) is 5.13 Å². The summed E-state index contributed by atoms with van der Waals surface area (Å²) >= 11 is 1.33. The molecule has 0 saturated heterocycles. The van der Waals surface area contributed by atoms with E-state index in [1.165, 1.54) is 16.9 Å². The SMILES string of the molecule is CCCc1nnc(NC(=O)/C(C#N)=C\c2cccn2-c2c(C)cccc2CC)s1. The quantitative estimate of drug-likeness (QED) is 0.456. The Morgan fingerprint density at radius 1 is 1.28 bits per heavy atom. The van der Waals surface area contributed by atoms with Crippen LogP contribution in [0.25, 0.3) is 11.8 Å². The zero-order chi connectivity index (χ0) is 20.8. The molecule has 0 unspecified atom stereocenters. The number of carbonyl (C=O) groups excluding carboxylic acids is 1. The monoisotopic (exact) mass is 405 g/mol. The summed E-state index contributed by atoms with van der Waals surface area (Å²) in [6.07, 6.45) is 6.22. The number of hydrogen-bond donors (Lipinski definition) is 1. The summed E-state index contributed by atoms with van der Waals surface area (Å²) in [6.45, 7) is 6.23. The molecule has 0 radical (unpaired) electrons. The predicted molar refractivity (Wildman–Crippen MR) is 116 cm³/mol. The molecule has 0 saturated carbocycles. The molecule has 0 aliphatic carbocycles. The highest BCUT2D eigenvalue weighted by molar-refractivity contribution is 7.15. The Bertz CT molecular complexity index is 1090. The number of nitrogens with one attached hydrogen (secondary N) is 1. The molecule has 0 bridgehead atoms. The lowest BCUT2D eigenvalue weighted by Gasteiger charge is -2.15. The number of para-hydroxylation sites is 1. The van der Waals surface area contributed by atoms with Gasteiger partial charge in [-0.25, -0.2) is 0 Å². The molecule has 148 valence electrons. The van der Waals surface area contributed by atoms with Crippen LogP contribution in [-0.4, -0.2) is 20.7 Å². The average molecular weight is 406 g/mol. The van der Waals surface area contributed by atoms with Gasteiger partial charge in [-0.1, -0.05) is 43.4 Å². The summed E-state index contributed by atoms with van der Waals surface area (Å²) in [5.74, 6) is -0.486. The highest BCUT2D eigenvalue weighted by atomic mass is 32.1. The van der Waals surface area contributed by atoms with Gasteiger partial charge in [0.1, 0.15) is 16.6 Å². The number of aryl methyl sites for hydroxylation is 3. The Morgan fingerprint density at radius 3 is 2.83 bits per heavy atom. The summed E-state index contributed by atoms with van der Waals surface area (Å²) in [5, 5.41) is 21.5. The number of carbonyl (C=O) groups is 1. The topological polar surface area (TPSA) is 83.6 Å². The maximum absolute atomic E-state index is 12.6. The van der Waals surface area contributed by atoms with Gasteiger partial charge in [-0.2, -0.15) is 5.26 Å². The van der Waals surface area contributed by atoms with Gasteiger partial charge in [0, 0.05) is 18.3 Å². The molecule has 3 rings (SSSR count). The minimum absolute atomic E-state index is 0.0174. The van der Waals surface area contributed by atoms with Crippen molar-refractivity contribution in [1.29, 1.82) is 5.26 Å². The molecule has 0 fully saturated rings. The molecule has 1 amide bonds. The maximum atomic E-state index is 12.6. The van der Waals surface area contributed by atoms with Crippen LogP contribution in [0.3, 0.4) is 0 Å². The molecule has 0 atom stereocenters. The van der Waals surface area contributed by atoms with Crippen LogP contribution in [0.15, 0.2) is 42.1 Å². The highest BCUT2D eigenvalue weighted by Gasteiger charge is 2.15. The number of rotatable bonds is 7. The fourth-order valence-corrected chi connectivity index (χ4v) is 3.98. The molecular formula is C22H23N5OS. The van der Waals surface area contributed by atoms with Gasteiger partial charge in [0.2, 0.25) is 5.13 Å². The Morgan fingerprint density at radius 2 is 2.10 bits per heavy atom. The third-order valence-electron chi connectivity index (χ3n) is 4.53. The predicted octanol–water partition coefficient (Wildman–Crippen LogP) is 4.70. The molecular weight excluding hydrogens is 382 g/mol. The van der Waals surface area contributed by atoms with E-state index in [2.05, 4.69) is 48.4 Å². The van der Waals surface area contributed by atoms with Crippen molar-refractivity contribution in [2.45, 2.75) is 40.0 Å². The molecule has 1 N–H and O–H groups in total. The molecule has 0 aliphatic rings. The second-order valence-corrected chi connectivity index (χ2v) is 7.68. The summed E-state index contributed by atoms with van der Waals surface area (Å²) < 4.78 is 2.02. The lowest BCUT2D eigenvalue weighted by Crippen LogP contribution is -2.13. The fourth-order valence-electron chi connectivity index (χ4n) is 3.15. The Balaban J connectivity index is 1.90.